The fraction of sp³-hybridized carbons (Fsp3) is 0.292. The highest BCUT2D eigenvalue weighted by molar-refractivity contribution is 5.76. The van der Waals surface area contributed by atoms with Gasteiger partial charge in [0, 0.05) is 11.6 Å². The molecule has 150 valence electrons. The predicted molar refractivity (Wildman–Crippen MR) is 115 cm³/mol. The summed E-state index contributed by atoms with van der Waals surface area (Å²) in [4.78, 5) is 24.9. The molecule has 3 aromatic rings. The van der Waals surface area contributed by atoms with Crippen LogP contribution in [0.2, 0.25) is 0 Å². The van der Waals surface area contributed by atoms with Crippen LogP contribution in [0, 0.1) is 5.92 Å². The number of benzene rings is 2. The molecule has 0 fully saturated rings. The van der Waals surface area contributed by atoms with E-state index in [4.69, 9.17) is 0 Å². The van der Waals surface area contributed by atoms with Gasteiger partial charge in [0.2, 0.25) is 5.91 Å². The summed E-state index contributed by atoms with van der Waals surface area (Å²) in [6, 6.07) is 20.9. The normalized spacial score (nSPS) is 12.0. The van der Waals surface area contributed by atoms with Crippen LogP contribution in [0.5, 0.6) is 0 Å². The molecule has 0 aliphatic carbocycles. The van der Waals surface area contributed by atoms with Gasteiger partial charge in [0.25, 0.3) is 5.56 Å². The van der Waals surface area contributed by atoms with Gasteiger partial charge in [0.1, 0.15) is 6.54 Å². The van der Waals surface area contributed by atoms with Crippen molar-refractivity contribution in [3.8, 4) is 11.3 Å². The van der Waals surface area contributed by atoms with Crippen LogP contribution in [0.25, 0.3) is 11.3 Å². The standard InChI is InChI=1S/C24H27N3O2/c1-4-18-10-12-20(13-11-18)24(17(2)3)25-22(28)16-27-23(29)15-14-21(26-27)19-8-6-5-7-9-19/h5-15,17,24H,4,16H2,1-3H3,(H,25,28). The van der Waals surface area contributed by atoms with Crippen LogP contribution in [-0.2, 0) is 17.8 Å². The van der Waals surface area contributed by atoms with E-state index in [1.807, 2.05) is 30.3 Å². The predicted octanol–water partition coefficient (Wildman–Crippen LogP) is 3.99. The van der Waals surface area contributed by atoms with E-state index >= 15 is 0 Å². The maximum absolute atomic E-state index is 12.7. The van der Waals surface area contributed by atoms with Crippen molar-refractivity contribution in [3.63, 3.8) is 0 Å². The second-order valence-electron chi connectivity index (χ2n) is 7.46. The van der Waals surface area contributed by atoms with Crippen LogP contribution in [0.4, 0.5) is 0 Å². The first-order valence-corrected chi connectivity index (χ1v) is 9.99. The van der Waals surface area contributed by atoms with E-state index in [1.54, 1.807) is 6.07 Å². The van der Waals surface area contributed by atoms with Crippen molar-refractivity contribution in [1.29, 1.82) is 0 Å². The fourth-order valence-corrected chi connectivity index (χ4v) is 3.28. The van der Waals surface area contributed by atoms with Gasteiger partial charge >= 0.3 is 0 Å². The number of aryl methyl sites for hydroxylation is 1. The number of carbonyl (C=O) groups is 1. The monoisotopic (exact) mass is 389 g/mol. The third-order valence-electron chi connectivity index (χ3n) is 4.96. The largest absolute Gasteiger partial charge is 0.347 e. The van der Waals surface area contributed by atoms with E-state index in [0.717, 1.165) is 17.5 Å². The van der Waals surface area contributed by atoms with Crippen molar-refractivity contribution in [2.45, 2.75) is 39.8 Å². The average Bonchev–Trinajstić information content (AvgIpc) is 2.74. The molecule has 1 atom stereocenters. The first-order valence-electron chi connectivity index (χ1n) is 9.99. The molecule has 1 aromatic heterocycles. The Morgan fingerprint density at radius 1 is 1.00 bits per heavy atom. The molecule has 1 N–H and O–H groups in total. The number of aromatic nitrogens is 2. The Labute approximate surface area is 171 Å². The maximum Gasteiger partial charge on any atom is 0.267 e. The van der Waals surface area contributed by atoms with E-state index < -0.39 is 0 Å². The van der Waals surface area contributed by atoms with Crippen molar-refractivity contribution < 1.29 is 4.79 Å². The SMILES string of the molecule is CCc1ccc(C(NC(=O)Cn2nc(-c3ccccc3)ccc2=O)C(C)C)cc1. The van der Waals surface area contributed by atoms with Crippen LogP contribution in [0.1, 0.15) is 37.9 Å². The van der Waals surface area contributed by atoms with Crippen LogP contribution in [-0.4, -0.2) is 15.7 Å². The molecule has 5 heteroatoms. The molecule has 1 heterocycles. The van der Waals surface area contributed by atoms with Crippen molar-refractivity contribution in [2.24, 2.45) is 5.92 Å². The molecule has 0 saturated carbocycles. The molecule has 2 aromatic carbocycles. The fourth-order valence-electron chi connectivity index (χ4n) is 3.28. The van der Waals surface area contributed by atoms with Gasteiger partial charge in [-0.2, -0.15) is 5.10 Å². The zero-order chi connectivity index (χ0) is 20.8. The Balaban J connectivity index is 1.77. The minimum atomic E-state index is -0.298. The Kier molecular flexibility index (Phi) is 6.60. The molecular weight excluding hydrogens is 362 g/mol. The molecule has 29 heavy (non-hydrogen) atoms. The number of hydrogen-bond acceptors (Lipinski definition) is 3. The van der Waals surface area contributed by atoms with Gasteiger partial charge in [-0.15, -0.1) is 0 Å². The maximum atomic E-state index is 12.7. The summed E-state index contributed by atoms with van der Waals surface area (Å²) in [7, 11) is 0. The Morgan fingerprint density at radius 2 is 1.69 bits per heavy atom. The Bertz CT molecular complexity index is 1010. The minimum Gasteiger partial charge on any atom is -0.347 e. The lowest BCUT2D eigenvalue weighted by Gasteiger charge is -2.23. The lowest BCUT2D eigenvalue weighted by atomic mass is 9.95. The molecular formula is C24H27N3O2. The van der Waals surface area contributed by atoms with E-state index in [0.29, 0.717) is 5.69 Å². The van der Waals surface area contributed by atoms with E-state index in [2.05, 4.69) is 55.5 Å². The van der Waals surface area contributed by atoms with Gasteiger partial charge in [-0.25, -0.2) is 4.68 Å². The van der Waals surface area contributed by atoms with Gasteiger partial charge in [-0.3, -0.25) is 9.59 Å². The highest BCUT2D eigenvalue weighted by Crippen LogP contribution is 2.22. The summed E-state index contributed by atoms with van der Waals surface area (Å²) in [5.41, 5.74) is 3.58. The number of hydrogen-bond donors (Lipinski definition) is 1. The van der Waals surface area contributed by atoms with Gasteiger partial charge in [0.05, 0.1) is 11.7 Å². The smallest absolute Gasteiger partial charge is 0.267 e. The molecule has 0 aliphatic rings. The highest BCUT2D eigenvalue weighted by atomic mass is 16.2. The first-order chi connectivity index (χ1) is 14.0. The summed E-state index contributed by atoms with van der Waals surface area (Å²) in [5.74, 6) is -0.0187. The Hall–Kier alpha value is -3.21. The minimum absolute atomic E-state index is 0.115. The van der Waals surface area contributed by atoms with Crippen molar-refractivity contribution in [3.05, 3.63) is 88.2 Å². The van der Waals surface area contributed by atoms with E-state index in [9.17, 15) is 9.59 Å². The van der Waals surface area contributed by atoms with Crippen molar-refractivity contribution in [2.75, 3.05) is 0 Å². The summed E-state index contributed by atoms with van der Waals surface area (Å²) in [6.07, 6.45) is 0.978. The zero-order valence-electron chi connectivity index (χ0n) is 17.1. The molecule has 3 rings (SSSR count). The number of amides is 1. The highest BCUT2D eigenvalue weighted by Gasteiger charge is 2.19. The number of rotatable bonds is 7. The van der Waals surface area contributed by atoms with Crippen molar-refractivity contribution in [1.82, 2.24) is 15.1 Å². The summed E-state index contributed by atoms with van der Waals surface area (Å²) < 4.78 is 1.22. The molecule has 0 bridgehead atoms. The molecule has 1 amide bonds. The second-order valence-corrected chi connectivity index (χ2v) is 7.46. The lowest BCUT2D eigenvalue weighted by molar-refractivity contribution is -0.123. The van der Waals surface area contributed by atoms with Crippen LogP contribution >= 0.6 is 0 Å². The van der Waals surface area contributed by atoms with Crippen molar-refractivity contribution >= 4 is 5.91 Å². The van der Waals surface area contributed by atoms with Gasteiger partial charge in [-0.05, 0) is 29.5 Å². The molecule has 1 unspecified atom stereocenters. The zero-order valence-corrected chi connectivity index (χ0v) is 17.1. The second kappa shape index (κ2) is 9.32. The van der Waals surface area contributed by atoms with Gasteiger partial charge < -0.3 is 5.32 Å². The number of carbonyl (C=O) groups excluding carboxylic acids is 1. The topological polar surface area (TPSA) is 64.0 Å². The summed E-state index contributed by atoms with van der Waals surface area (Å²) in [5, 5.41) is 7.44. The first kappa shape index (κ1) is 20.5. The molecule has 5 nitrogen and oxygen atoms in total. The van der Waals surface area contributed by atoms with Gasteiger partial charge in [-0.1, -0.05) is 75.4 Å². The third kappa shape index (κ3) is 5.19. The van der Waals surface area contributed by atoms with E-state index in [1.165, 1.54) is 16.3 Å². The molecule has 0 saturated heterocycles. The quantitative estimate of drug-likeness (QED) is 0.665. The van der Waals surface area contributed by atoms with Gasteiger partial charge in [0.15, 0.2) is 0 Å². The third-order valence-corrected chi connectivity index (χ3v) is 4.96. The molecule has 0 aliphatic heterocycles. The molecule has 0 radical (unpaired) electrons. The number of nitrogens with zero attached hydrogens (tertiary/aromatic N) is 2. The van der Waals surface area contributed by atoms with Crippen LogP contribution in [0.15, 0.2) is 71.5 Å². The molecule has 0 spiro atoms. The lowest BCUT2D eigenvalue weighted by Crippen LogP contribution is -2.37. The number of nitrogens with one attached hydrogen (secondary N) is 1. The average molecular weight is 389 g/mol. The summed E-state index contributed by atoms with van der Waals surface area (Å²) in [6.45, 7) is 6.14. The summed E-state index contributed by atoms with van der Waals surface area (Å²) >= 11 is 0. The van der Waals surface area contributed by atoms with Crippen LogP contribution < -0.4 is 10.9 Å². The Morgan fingerprint density at radius 3 is 2.31 bits per heavy atom. The van der Waals surface area contributed by atoms with Crippen LogP contribution in [0.3, 0.4) is 0 Å². The van der Waals surface area contributed by atoms with E-state index in [-0.39, 0.29) is 30.0 Å².